The number of nitrogens with two attached hydrogens (primary N) is 1. The summed E-state index contributed by atoms with van der Waals surface area (Å²) >= 11 is 0. The van der Waals surface area contributed by atoms with Gasteiger partial charge >= 0.3 is 0 Å². The van der Waals surface area contributed by atoms with Gasteiger partial charge in [-0.2, -0.15) is 0 Å². The Bertz CT molecular complexity index is 241. The van der Waals surface area contributed by atoms with E-state index < -0.39 is 0 Å². The van der Waals surface area contributed by atoms with Gasteiger partial charge in [0.1, 0.15) is 0 Å². The zero-order valence-corrected chi connectivity index (χ0v) is 10.3. The zero-order chi connectivity index (χ0) is 11.3. The molecule has 0 saturated heterocycles. The molecule has 1 atom stereocenters. The molecular weight excluding hydrogens is 184 g/mol. The van der Waals surface area contributed by atoms with Crippen LogP contribution in [-0.4, -0.2) is 30.6 Å². The molecular formula is C13H24N2. The summed E-state index contributed by atoms with van der Waals surface area (Å²) in [4.78, 5) is 2.33. The lowest BCUT2D eigenvalue weighted by Crippen LogP contribution is -2.58. The van der Waals surface area contributed by atoms with Crippen LogP contribution >= 0.6 is 0 Å². The molecule has 1 fully saturated rings. The normalized spacial score (nSPS) is 21.9. The summed E-state index contributed by atoms with van der Waals surface area (Å²) in [7, 11) is 4.31. The fraction of sp³-hybridized carbons (Fsp3) is 0.846. The molecule has 0 aromatic heterocycles. The van der Waals surface area contributed by atoms with Crippen molar-refractivity contribution >= 4 is 0 Å². The summed E-state index contributed by atoms with van der Waals surface area (Å²) < 4.78 is 0. The highest BCUT2D eigenvalue weighted by Gasteiger charge is 2.39. The number of likely N-dealkylation sites (N-methyl/N-ethyl adjacent to an activating group) is 1. The van der Waals surface area contributed by atoms with Gasteiger partial charge in [-0.1, -0.05) is 19.3 Å². The molecule has 0 radical (unpaired) electrons. The maximum absolute atomic E-state index is 6.33. The van der Waals surface area contributed by atoms with E-state index in [4.69, 9.17) is 5.73 Å². The van der Waals surface area contributed by atoms with Crippen LogP contribution in [0, 0.1) is 11.8 Å². The first-order valence-electron chi connectivity index (χ1n) is 5.96. The smallest absolute Gasteiger partial charge is 0.0363 e. The fourth-order valence-electron chi connectivity index (χ4n) is 2.72. The van der Waals surface area contributed by atoms with Crippen molar-refractivity contribution in [2.75, 3.05) is 14.1 Å². The minimum absolute atomic E-state index is 0.195. The number of hydrogen-bond acceptors (Lipinski definition) is 2. The highest BCUT2D eigenvalue weighted by atomic mass is 15.2. The van der Waals surface area contributed by atoms with Crippen molar-refractivity contribution in [1.29, 1.82) is 0 Å². The summed E-state index contributed by atoms with van der Waals surface area (Å²) in [6, 6.07) is 0.195. The first-order valence-corrected chi connectivity index (χ1v) is 5.96. The molecule has 0 bridgehead atoms. The third-order valence-corrected chi connectivity index (χ3v) is 3.80. The van der Waals surface area contributed by atoms with Crippen molar-refractivity contribution in [3.63, 3.8) is 0 Å². The Kier molecular flexibility index (Phi) is 4.63. The van der Waals surface area contributed by atoms with E-state index in [1.807, 2.05) is 6.92 Å². The van der Waals surface area contributed by atoms with Crippen LogP contribution in [0.15, 0.2) is 0 Å². The Labute approximate surface area is 94.2 Å². The highest BCUT2D eigenvalue weighted by molar-refractivity contribution is 5.06. The van der Waals surface area contributed by atoms with Gasteiger partial charge in [0.25, 0.3) is 0 Å². The second-order valence-electron chi connectivity index (χ2n) is 4.80. The van der Waals surface area contributed by atoms with Crippen LogP contribution in [0.25, 0.3) is 0 Å². The van der Waals surface area contributed by atoms with Gasteiger partial charge in [0.05, 0.1) is 0 Å². The monoisotopic (exact) mass is 208 g/mol. The van der Waals surface area contributed by atoms with E-state index in [0.717, 1.165) is 6.42 Å². The first-order chi connectivity index (χ1) is 7.13. The van der Waals surface area contributed by atoms with Crippen LogP contribution in [0.5, 0.6) is 0 Å². The molecule has 2 nitrogen and oxygen atoms in total. The predicted molar refractivity (Wildman–Crippen MR) is 65.5 cm³/mol. The Morgan fingerprint density at radius 1 is 1.27 bits per heavy atom. The van der Waals surface area contributed by atoms with Gasteiger partial charge in [-0.05, 0) is 33.9 Å². The Balaban J connectivity index is 2.73. The van der Waals surface area contributed by atoms with E-state index in [1.165, 1.54) is 32.1 Å². The number of rotatable bonds is 3. The molecule has 0 aliphatic heterocycles. The second kappa shape index (κ2) is 5.53. The number of hydrogen-bond donors (Lipinski definition) is 1. The Morgan fingerprint density at radius 3 is 2.33 bits per heavy atom. The van der Waals surface area contributed by atoms with E-state index in [0.29, 0.717) is 0 Å². The van der Waals surface area contributed by atoms with Crippen molar-refractivity contribution in [3.8, 4) is 11.8 Å². The fourth-order valence-corrected chi connectivity index (χ4v) is 2.72. The van der Waals surface area contributed by atoms with Gasteiger partial charge < -0.3 is 10.6 Å². The highest BCUT2D eigenvalue weighted by Crippen LogP contribution is 2.35. The molecule has 0 heterocycles. The van der Waals surface area contributed by atoms with Crippen molar-refractivity contribution < 1.29 is 0 Å². The Morgan fingerprint density at radius 2 is 1.87 bits per heavy atom. The molecule has 1 aliphatic rings. The van der Waals surface area contributed by atoms with Gasteiger partial charge in [-0.15, -0.1) is 11.8 Å². The van der Waals surface area contributed by atoms with Crippen molar-refractivity contribution in [2.24, 2.45) is 5.73 Å². The van der Waals surface area contributed by atoms with Crippen LogP contribution in [0.3, 0.4) is 0 Å². The summed E-state index contributed by atoms with van der Waals surface area (Å²) in [6.45, 7) is 1.88. The minimum Gasteiger partial charge on any atom is -0.325 e. The molecule has 15 heavy (non-hydrogen) atoms. The second-order valence-corrected chi connectivity index (χ2v) is 4.80. The molecule has 0 amide bonds. The maximum atomic E-state index is 6.33. The standard InChI is InChI=1S/C13H24N2/c1-4-5-9-12(14)13(15(2)3)10-7-6-8-11-13/h12H,6-11,14H2,1-3H3. The van der Waals surface area contributed by atoms with Crippen molar-refractivity contribution in [3.05, 3.63) is 0 Å². The van der Waals surface area contributed by atoms with Crippen LogP contribution < -0.4 is 5.73 Å². The molecule has 86 valence electrons. The molecule has 1 rings (SSSR count). The third kappa shape index (κ3) is 2.74. The molecule has 2 N–H and O–H groups in total. The summed E-state index contributed by atoms with van der Waals surface area (Å²) in [6.07, 6.45) is 7.27. The van der Waals surface area contributed by atoms with Gasteiger partial charge in [0, 0.05) is 18.0 Å². The quantitative estimate of drug-likeness (QED) is 0.719. The summed E-state index contributed by atoms with van der Waals surface area (Å²) in [5, 5.41) is 0. The Hall–Kier alpha value is -0.520. The van der Waals surface area contributed by atoms with E-state index >= 15 is 0 Å². The first kappa shape index (κ1) is 12.5. The van der Waals surface area contributed by atoms with Crippen molar-refractivity contribution in [2.45, 2.75) is 57.0 Å². The van der Waals surface area contributed by atoms with E-state index in [1.54, 1.807) is 0 Å². The molecule has 0 aromatic rings. The lowest BCUT2D eigenvalue weighted by atomic mass is 9.74. The van der Waals surface area contributed by atoms with Crippen LogP contribution in [0.4, 0.5) is 0 Å². The van der Waals surface area contributed by atoms with E-state index in [9.17, 15) is 0 Å². The lowest BCUT2D eigenvalue weighted by Gasteiger charge is -2.46. The average molecular weight is 208 g/mol. The van der Waals surface area contributed by atoms with E-state index in [2.05, 4.69) is 30.8 Å². The maximum Gasteiger partial charge on any atom is 0.0363 e. The average Bonchev–Trinajstić information content (AvgIpc) is 2.26. The topological polar surface area (TPSA) is 29.3 Å². The minimum atomic E-state index is 0.195. The van der Waals surface area contributed by atoms with Gasteiger partial charge in [0.2, 0.25) is 0 Å². The largest absolute Gasteiger partial charge is 0.325 e. The summed E-state index contributed by atoms with van der Waals surface area (Å²) in [5.74, 6) is 6.07. The van der Waals surface area contributed by atoms with Crippen LogP contribution in [-0.2, 0) is 0 Å². The van der Waals surface area contributed by atoms with Gasteiger partial charge in [-0.25, -0.2) is 0 Å². The summed E-state index contributed by atoms with van der Waals surface area (Å²) in [5.41, 5.74) is 6.52. The molecule has 0 spiro atoms. The lowest BCUT2D eigenvalue weighted by molar-refractivity contribution is 0.0732. The van der Waals surface area contributed by atoms with Crippen molar-refractivity contribution in [1.82, 2.24) is 4.90 Å². The molecule has 2 heteroatoms. The number of nitrogens with zero attached hydrogens (tertiary/aromatic N) is 1. The third-order valence-electron chi connectivity index (χ3n) is 3.80. The van der Waals surface area contributed by atoms with Gasteiger partial charge in [0.15, 0.2) is 0 Å². The van der Waals surface area contributed by atoms with Gasteiger partial charge in [-0.3, -0.25) is 0 Å². The predicted octanol–water partition coefficient (Wildman–Crippen LogP) is 1.99. The SMILES string of the molecule is CC#CCC(N)C1(N(C)C)CCCCC1. The molecule has 1 aliphatic carbocycles. The molecule has 1 unspecified atom stereocenters. The van der Waals surface area contributed by atoms with Crippen LogP contribution in [0.1, 0.15) is 45.4 Å². The molecule has 0 aromatic carbocycles. The van der Waals surface area contributed by atoms with E-state index in [-0.39, 0.29) is 11.6 Å². The zero-order valence-electron chi connectivity index (χ0n) is 10.3. The molecule has 1 saturated carbocycles. The van der Waals surface area contributed by atoms with Crippen LogP contribution in [0.2, 0.25) is 0 Å².